The minimum atomic E-state index is 0.459. The van der Waals surface area contributed by atoms with Crippen LogP contribution < -0.4 is 0 Å². The largest absolute Gasteiger partial charge is 0.297 e. The summed E-state index contributed by atoms with van der Waals surface area (Å²) in [6, 6.07) is 1.62. The third kappa shape index (κ3) is 2.09. The molecule has 2 bridgehead atoms. The Bertz CT molecular complexity index is 181. The molecule has 2 saturated heterocycles. The van der Waals surface area contributed by atoms with E-state index in [2.05, 4.69) is 18.7 Å². The first-order valence-electron chi connectivity index (χ1n) is 6.10. The molecule has 0 aromatic heterocycles. The van der Waals surface area contributed by atoms with Gasteiger partial charge in [-0.05, 0) is 31.6 Å². The number of hydrogen-bond donors (Lipinski definition) is 0. The van der Waals surface area contributed by atoms with Gasteiger partial charge in [0.25, 0.3) is 0 Å². The number of hydrogen-bond acceptors (Lipinski definition) is 1. The highest BCUT2D eigenvalue weighted by atomic mass is 35.5. The van der Waals surface area contributed by atoms with Crippen molar-refractivity contribution in [3.63, 3.8) is 0 Å². The van der Waals surface area contributed by atoms with Gasteiger partial charge in [0.15, 0.2) is 0 Å². The molecule has 82 valence electrons. The molecule has 0 aromatic rings. The fraction of sp³-hybridized carbons (Fsp3) is 1.00. The van der Waals surface area contributed by atoms with E-state index < -0.39 is 0 Å². The second-order valence-corrected chi connectivity index (χ2v) is 5.78. The lowest BCUT2D eigenvalue weighted by molar-refractivity contribution is 0.122. The summed E-state index contributed by atoms with van der Waals surface area (Å²) in [5, 5.41) is 0.459. The van der Waals surface area contributed by atoms with Gasteiger partial charge in [0.1, 0.15) is 0 Å². The Morgan fingerprint density at radius 2 is 1.86 bits per heavy atom. The second kappa shape index (κ2) is 4.40. The molecule has 14 heavy (non-hydrogen) atoms. The third-order valence-electron chi connectivity index (χ3n) is 4.05. The van der Waals surface area contributed by atoms with Crippen LogP contribution in [0.5, 0.6) is 0 Å². The number of nitrogens with zero attached hydrogens (tertiary/aromatic N) is 1. The van der Waals surface area contributed by atoms with E-state index in [1.807, 2.05) is 0 Å². The minimum Gasteiger partial charge on any atom is -0.297 e. The maximum absolute atomic E-state index is 6.26. The van der Waals surface area contributed by atoms with E-state index >= 15 is 0 Å². The van der Waals surface area contributed by atoms with Crippen molar-refractivity contribution in [1.82, 2.24) is 4.90 Å². The van der Waals surface area contributed by atoms with Gasteiger partial charge in [-0.15, -0.1) is 11.6 Å². The van der Waals surface area contributed by atoms with E-state index in [4.69, 9.17) is 11.6 Å². The standard InChI is InChI=1S/C12H22ClN/c1-3-9(2)8-14-11-4-5-12(14)7-10(13)6-11/h9-12H,3-8H2,1-2H3. The van der Waals surface area contributed by atoms with Gasteiger partial charge in [0, 0.05) is 24.0 Å². The zero-order chi connectivity index (χ0) is 10.1. The Balaban J connectivity index is 1.94. The summed E-state index contributed by atoms with van der Waals surface area (Å²) in [5.41, 5.74) is 0. The molecule has 0 aromatic carbocycles. The molecule has 0 saturated carbocycles. The van der Waals surface area contributed by atoms with E-state index in [0.29, 0.717) is 5.38 Å². The van der Waals surface area contributed by atoms with Crippen LogP contribution >= 0.6 is 11.6 Å². The Labute approximate surface area is 92.8 Å². The number of alkyl halides is 1. The predicted molar refractivity (Wildman–Crippen MR) is 61.8 cm³/mol. The Kier molecular flexibility index (Phi) is 3.38. The molecule has 1 nitrogen and oxygen atoms in total. The summed E-state index contributed by atoms with van der Waals surface area (Å²) < 4.78 is 0. The molecule has 0 radical (unpaired) electrons. The summed E-state index contributed by atoms with van der Waals surface area (Å²) in [6.45, 7) is 5.96. The number of piperidine rings is 1. The predicted octanol–water partition coefficient (Wildman–Crippen LogP) is 3.27. The van der Waals surface area contributed by atoms with Crippen LogP contribution in [0.1, 0.15) is 46.0 Å². The smallest absolute Gasteiger partial charge is 0.0365 e. The zero-order valence-electron chi connectivity index (χ0n) is 9.38. The molecule has 0 N–H and O–H groups in total. The van der Waals surface area contributed by atoms with Gasteiger partial charge in [-0.3, -0.25) is 4.90 Å². The molecule has 2 aliphatic rings. The van der Waals surface area contributed by atoms with Crippen molar-refractivity contribution < 1.29 is 0 Å². The van der Waals surface area contributed by atoms with Crippen molar-refractivity contribution in [3.05, 3.63) is 0 Å². The maximum atomic E-state index is 6.26. The van der Waals surface area contributed by atoms with Gasteiger partial charge in [-0.25, -0.2) is 0 Å². The highest BCUT2D eigenvalue weighted by Crippen LogP contribution is 2.38. The zero-order valence-corrected chi connectivity index (χ0v) is 10.1. The fourth-order valence-electron chi connectivity index (χ4n) is 2.99. The average molecular weight is 216 g/mol. The summed E-state index contributed by atoms with van der Waals surface area (Å²) in [6.07, 6.45) is 6.55. The highest BCUT2D eigenvalue weighted by Gasteiger charge is 2.39. The van der Waals surface area contributed by atoms with Gasteiger partial charge < -0.3 is 0 Å². The molecule has 3 atom stereocenters. The van der Waals surface area contributed by atoms with E-state index in [-0.39, 0.29) is 0 Å². The molecule has 0 spiro atoms. The first-order chi connectivity index (χ1) is 6.70. The molecule has 2 heteroatoms. The topological polar surface area (TPSA) is 3.24 Å². The quantitative estimate of drug-likeness (QED) is 0.654. The molecule has 2 heterocycles. The van der Waals surface area contributed by atoms with E-state index in [1.54, 1.807) is 0 Å². The Hall–Kier alpha value is 0.250. The van der Waals surface area contributed by atoms with E-state index in [0.717, 1.165) is 18.0 Å². The number of fused-ring (bicyclic) bond motifs is 2. The van der Waals surface area contributed by atoms with Crippen molar-refractivity contribution in [2.24, 2.45) is 5.92 Å². The van der Waals surface area contributed by atoms with Gasteiger partial charge >= 0.3 is 0 Å². The molecule has 2 fully saturated rings. The van der Waals surface area contributed by atoms with Crippen molar-refractivity contribution >= 4 is 11.6 Å². The maximum Gasteiger partial charge on any atom is 0.0365 e. The molecular formula is C12H22ClN. The average Bonchev–Trinajstić information content (AvgIpc) is 2.41. The lowest BCUT2D eigenvalue weighted by atomic mass is 9.99. The molecule has 0 amide bonds. The summed E-state index contributed by atoms with van der Waals surface area (Å²) in [5.74, 6) is 0.852. The molecule has 2 rings (SSSR count). The van der Waals surface area contributed by atoms with Gasteiger partial charge in [0.2, 0.25) is 0 Å². The first-order valence-corrected chi connectivity index (χ1v) is 6.54. The van der Waals surface area contributed by atoms with Crippen LogP contribution in [0.4, 0.5) is 0 Å². The highest BCUT2D eigenvalue weighted by molar-refractivity contribution is 6.20. The number of halogens is 1. The Morgan fingerprint density at radius 3 is 2.36 bits per heavy atom. The normalized spacial score (nSPS) is 40.1. The first kappa shape index (κ1) is 10.8. The van der Waals surface area contributed by atoms with E-state index in [1.165, 1.54) is 38.6 Å². The van der Waals surface area contributed by atoms with Crippen molar-refractivity contribution in [1.29, 1.82) is 0 Å². The molecular weight excluding hydrogens is 194 g/mol. The van der Waals surface area contributed by atoms with Gasteiger partial charge in [-0.2, -0.15) is 0 Å². The molecule has 2 aliphatic heterocycles. The van der Waals surface area contributed by atoms with Crippen LogP contribution in [0.25, 0.3) is 0 Å². The molecule has 0 aliphatic carbocycles. The minimum absolute atomic E-state index is 0.459. The van der Waals surface area contributed by atoms with Crippen LogP contribution in [-0.2, 0) is 0 Å². The van der Waals surface area contributed by atoms with Crippen LogP contribution in [-0.4, -0.2) is 28.9 Å². The van der Waals surface area contributed by atoms with Crippen LogP contribution in [0, 0.1) is 5.92 Å². The summed E-state index contributed by atoms with van der Waals surface area (Å²) >= 11 is 6.26. The number of rotatable bonds is 3. The second-order valence-electron chi connectivity index (χ2n) is 5.16. The van der Waals surface area contributed by atoms with Crippen LogP contribution in [0.3, 0.4) is 0 Å². The fourth-order valence-corrected chi connectivity index (χ4v) is 3.41. The summed E-state index contributed by atoms with van der Waals surface area (Å²) in [4.78, 5) is 2.74. The SMILES string of the molecule is CCC(C)CN1C2CCC1CC(Cl)C2. The third-order valence-corrected chi connectivity index (χ3v) is 4.40. The lowest BCUT2D eigenvalue weighted by Crippen LogP contribution is -2.45. The van der Waals surface area contributed by atoms with Crippen LogP contribution in [0.2, 0.25) is 0 Å². The molecule has 3 unspecified atom stereocenters. The van der Waals surface area contributed by atoms with E-state index in [9.17, 15) is 0 Å². The monoisotopic (exact) mass is 215 g/mol. The van der Waals surface area contributed by atoms with Gasteiger partial charge in [0.05, 0.1) is 0 Å². The lowest BCUT2D eigenvalue weighted by Gasteiger charge is -2.38. The van der Waals surface area contributed by atoms with Crippen LogP contribution in [0.15, 0.2) is 0 Å². The van der Waals surface area contributed by atoms with Gasteiger partial charge in [-0.1, -0.05) is 20.3 Å². The Morgan fingerprint density at radius 1 is 1.29 bits per heavy atom. The van der Waals surface area contributed by atoms with Crippen molar-refractivity contribution in [2.45, 2.75) is 63.4 Å². The summed E-state index contributed by atoms with van der Waals surface area (Å²) in [7, 11) is 0. The van der Waals surface area contributed by atoms with Crippen molar-refractivity contribution in [3.8, 4) is 0 Å². The van der Waals surface area contributed by atoms with Crippen molar-refractivity contribution in [2.75, 3.05) is 6.54 Å².